The maximum atomic E-state index is 12.9. The highest BCUT2D eigenvalue weighted by Crippen LogP contribution is 2.28. The van der Waals surface area contributed by atoms with E-state index in [1.165, 1.54) is 12.1 Å². The summed E-state index contributed by atoms with van der Waals surface area (Å²) in [5.74, 6) is 1.20. The van der Waals surface area contributed by atoms with Crippen molar-refractivity contribution in [3.05, 3.63) is 71.0 Å². The van der Waals surface area contributed by atoms with Crippen LogP contribution >= 0.6 is 23.1 Å². The van der Waals surface area contributed by atoms with E-state index < -0.39 is 0 Å². The fourth-order valence-corrected chi connectivity index (χ4v) is 4.32. The summed E-state index contributed by atoms with van der Waals surface area (Å²) in [6.07, 6.45) is 0. The number of aromatic nitrogens is 1. The predicted molar refractivity (Wildman–Crippen MR) is 118 cm³/mol. The first kappa shape index (κ1) is 21.3. The van der Waals surface area contributed by atoms with Gasteiger partial charge in [0.05, 0.1) is 17.6 Å². The lowest BCUT2D eigenvalue weighted by atomic mass is 10.2. The van der Waals surface area contributed by atoms with Crippen molar-refractivity contribution in [1.82, 2.24) is 10.3 Å². The van der Waals surface area contributed by atoms with E-state index in [0.29, 0.717) is 18.9 Å². The number of carbonyl (C=O) groups excluding carboxylic acids is 1. The number of benzene rings is 2. The SMILES string of the molecule is CCOc1ccc(-c2nc(CS[C@H](C)C(=O)NCc3ccc(F)cc3)cs2)cc1. The molecular weight excluding hydrogens is 407 g/mol. The minimum absolute atomic E-state index is 0.0405. The molecule has 0 radical (unpaired) electrons. The second-order valence-electron chi connectivity index (χ2n) is 6.40. The summed E-state index contributed by atoms with van der Waals surface area (Å²) in [6.45, 7) is 4.88. The molecule has 152 valence electrons. The van der Waals surface area contributed by atoms with Crippen molar-refractivity contribution < 1.29 is 13.9 Å². The zero-order chi connectivity index (χ0) is 20.6. The van der Waals surface area contributed by atoms with Gasteiger partial charge in [-0.1, -0.05) is 12.1 Å². The number of hydrogen-bond acceptors (Lipinski definition) is 5. The van der Waals surface area contributed by atoms with E-state index in [2.05, 4.69) is 10.3 Å². The monoisotopic (exact) mass is 430 g/mol. The Morgan fingerprint density at radius 1 is 1.21 bits per heavy atom. The van der Waals surface area contributed by atoms with Gasteiger partial charge in [0.1, 0.15) is 16.6 Å². The number of thiazole rings is 1. The van der Waals surface area contributed by atoms with Crippen LogP contribution in [0.5, 0.6) is 5.75 Å². The Morgan fingerprint density at radius 3 is 2.62 bits per heavy atom. The number of halogens is 1. The summed E-state index contributed by atoms with van der Waals surface area (Å²) in [6, 6.07) is 14.0. The van der Waals surface area contributed by atoms with Gasteiger partial charge < -0.3 is 10.1 Å². The quantitative estimate of drug-likeness (QED) is 0.501. The lowest BCUT2D eigenvalue weighted by Crippen LogP contribution is -2.30. The molecule has 7 heteroatoms. The first-order chi connectivity index (χ1) is 14.0. The molecule has 3 aromatic rings. The Bertz CT molecular complexity index is 927. The second kappa shape index (κ2) is 10.4. The summed E-state index contributed by atoms with van der Waals surface area (Å²) in [4.78, 5) is 17.0. The summed E-state index contributed by atoms with van der Waals surface area (Å²) < 4.78 is 18.4. The Balaban J connectivity index is 1.48. The molecule has 0 saturated heterocycles. The first-order valence-corrected chi connectivity index (χ1v) is 11.3. The smallest absolute Gasteiger partial charge is 0.233 e. The molecule has 0 aliphatic rings. The number of nitrogens with one attached hydrogen (secondary N) is 1. The molecule has 1 amide bonds. The van der Waals surface area contributed by atoms with Crippen molar-refractivity contribution in [3.8, 4) is 16.3 Å². The highest BCUT2D eigenvalue weighted by molar-refractivity contribution is 7.99. The van der Waals surface area contributed by atoms with E-state index in [-0.39, 0.29) is 17.0 Å². The number of rotatable bonds is 9. The van der Waals surface area contributed by atoms with Crippen LogP contribution in [0.1, 0.15) is 25.1 Å². The molecule has 29 heavy (non-hydrogen) atoms. The van der Waals surface area contributed by atoms with Gasteiger partial charge in [0.15, 0.2) is 0 Å². The molecule has 1 heterocycles. The highest BCUT2D eigenvalue weighted by atomic mass is 32.2. The number of carbonyl (C=O) groups is 1. The van der Waals surface area contributed by atoms with E-state index in [0.717, 1.165) is 27.6 Å². The lowest BCUT2D eigenvalue weighted by Gasteiger charge is -2.11. The van der Waals surface area contributed by atoms with Crippen LogP contribution in [-0.4, -0.2) is 22.7 Å². The summed E-state index contributed by atoms with van der Waals surface area (Å²) in [5, 5.41) is 5.67. The molecule has 0 aliphatic carbocycles. The van der Waals surface area contributed by atoms with Crippen LogP contribution in [0.15, 0.2) is 53.9 Å². The third-order valence-corrected chi connectivity index (χ3v) is 6.31. The van der Waals surface area contributed by atoms with Gasteiger partial charge in [0.25, 0.3) is 0 Å². The molecule has 1 atom stereocenters. The van der Waals surface area contributed by atoms with E-state index in [9.17, 15) is 9.18 Å². The molecule has 0 spiro atoms. The zero-order valence-electron chi connectivity index (χ0n) is 16.4. The Morgan fingerprint density at radius 2 is 1.93 bits per heavy atom. The lowest BCUT2D eigenvalue weighted by molar-refractivity contribution is -0.120. The minimum Gasteiger partial charge on any atom is -0.494 e. The number of nitrogens with zero attached hydrogens (tertiary/aromatic N) is 1. The zero-order valence-corrected chi connectivity index (χ0v) is 18.0. The molecule has 0 fully saturated rings. The molecule has 0 unspecified atom stereocenters. The molecule has 3 rings (SSSR count). The van der Waals surface area contributed by atoms with Gasteiger partial charge in [-0.25, -0.2) is 9.37 Å². The van der Waals surface area contributed by atoms with E-state index >= 15 is 0 Å². The van der Waals surface area contributed by atoms with Crippen LogP contribution < -0.4 is 10.1 Å². The maximum Gasteiger partial charge on any atom is 0.233 e. The average Bonchev–Trinajstić information content (AvgIpc) is 3.21. The van der Waals surface area contributed by atoms with E-state index in [4.69, 9.17) is 4.74 Å². The third-order valence-electron chi connectivity index (χ3n) is 4.19. The van der Waals surface area contributed by atoms with Crippen molar-refractivity contribution in [2.45, 2.75) is 31.4 Å². The van der Waals surface area contributed by atoms with Crippen LogP contribution in [-0.2, 0) is 17.1 Å². The van der Waals surface area contributed by atoms with Gasteiger partial charge in [-0.05, 0) is 55.8 Å². The van der Waals surface area contributed by atoms with Crippen LogP contribution in [0.4, 0.5) is 4.39 Å². The first-order valence-electron chi connectivity index (χ1n) is 9.36. The fourth-order valence-electron chi connectivity index (χ4n) is 2.59. The van der Waals surface area contributed by atoms with E-state index in [1.54, 1.807) is 35.2 Å². The van der Waals surface area contributed by atoms with Crippen LogP contribution in [0, 0.1) is 5.82 Å². The van der Waals surface area contributed by atoms with Gasteiger partial charge in [-0.15, -0.1) is 23.1 Å². The summed E-state index contributed by atoms with van der Waals surface area (Å²) in [5.41, 5.74) is 2.89. The van der Waals surface area contributed by atoms with Gasteiger partial charge in [-0.3, -0.25) is 4.79 Å². The Hall–Kier alpha value is -2.38. The molecule has 0 saturated carbocycles. The molecule has 0 bridgehead atoms. The molecule has 1 N–H and O–H groups in total. The largest absolute Gasteiger partial charge is 0.494 e. The summed E-state index contributed by atoms with van der Waals surface area (Å²) >= 11 is 3.14. The minimum atomic E-state index is -0.281. The average molecular weight is 431 g/mol. The topological polar surface area (TPSA) is 51.2 Å². The maximum absolute atomic E-state index is 12.9. The molecule has 0 aliphatic heterocycles. The standard InChI is InChI=1S/C22H23FN2O2S2/c1-3-27-20-10-6-17(7-11-20)22-25-19(14-29-22)13-28-15(2)21(26)24-12-16-4-8-18(23)9-5-16/h4-11,14-15H,3,12-13H2,1-2H3,(H,24,26)/t15-/m1/s1. The Labute approximate surface area is 178 Å². The number of amides is 1. The third kappa shape index (κ3) is 6.30. The highest BCUT2D eigenvalue weighted by Gasteiger charge is 2.14. The summed E-state index contributed by atoms with van der Waals surface area (Å²) in [7, 11) is 0. The molecule has 1 aromatic heterocycles. The molecular formula is C22H23FN2O2S2. The molecule has 4 nitrogen and oxygen atoms in total. The van der Waals surface area contributed by atoms with Gasteiger partial charge in [0.2, 0.25) is 5.91 Å². The van der Waals surface area contributed by atoms with Gasteiger partial charge in [0, 0.05) is 23.2 Å². The van der Waals surface area contributed by atoms with Gasteiger partial charge in [-0.2, -0.15) is 0 Å². The number of hydrogen-bond donors (Lipinski definition) is 1. The van der Waals surface area contributed by atoms with Crippen molar-refractivity contribution in [1.29, 1.82) is 0 Å². The van der Waals surface area contributed by atoms with Crippen molar-refractivity contribution in [3.63, 3.8) is 0 Å². The van der Waals surface area contributed by atoms with Gasteiger partial charge >= 0.3 is 0 Å². The van der Waals surface area contributed by atoms with Crippen LogP contribution in [0.25, 0.3) is 10.6 Å². The number of ether oxygens (including phenoxy) is 1. The van der Waals surface area contributed by atoms with Crippen LogP contribution in [0.3, 0.4) is 0 Å². The van der Waals surface area contributed by atoms with Crippen LogP contribution in [0.2, 0.25) is 0 Å². The van der Waals surface area contributed by atoms with Crippen molar-refractivity contribution >= 4 is 29.0 Å². The Kier molecular flexibility index (Phi) is 7.66. The molecule has 2 aromatic carbocycles. The normalized spacial score (nSPS) is 11.8. The van der Waals surface area contributed by atoms with E-state index in [1.807, 2.05) is 43.5 Å². The van der Waals surface area contributed by atoms with Crippen molar-refractivity contribution in [2.75, 3.05) is 6.61 Å². The number of thioether (sulfide) groups is 1. The second-order valence-corrected chi connectivity index (χ2v) is 8.59. The predicted octanol–water partition coefficient (Wildman–Crippen LogP) is 5.29. The fraction of sp³-hybridized carbons (Fsp3) is 0.273. The van der Waals surface area contributed by atoms with Crippen molar-refractivity contribution in [2.24, 2.45) is 0 Å².